The Balaban J connectivity index is 1.62. The molecule has 2 atom stereocenters. The van der Waals surface area contributed by atoms with Gasteiger partial charge in [-0.2, -0.15) is 11.8 Å². The lowest BCUT2D eigenvalue weighted by Crippen LogP contribution is -2.34. The van der Waals surface area contributed by atoms with E-state index in [0.29, 0.717) is 17.8 Å². The van der Waals surface area contributed by atoms with Crippen LogP contribution in [0.1, 0.15) is 47.2 Å². The van der Waals surface area contributed by atoms with E-state index in [9.17, 15) is 9.59 Å². The number of amides is 2. The summed E-state index contributed by atoms with van der Waals surface area (Å²) in [4.78, 5) is 31.0. The van der Waals surface area contributed by atoms with Crippen molar-refractivity contribution in [1.82, 2.24) is 20.2 Å². The highest BCUT2D eigenvalue weighted by molar-refractivity contribution is 7.98. The normalized spacial score (nSPS) is 12.7. The number of thioether (sulfide) groups is 1. The zero-order valence-corrected chi connectivity index (χ0v) is 20.8. The summed E-state index contributed by atoms with van der Waals surface area (Å²) in [5.41, 5.74) is 3.31. The number of para-hydroxylation sites is 2. The minimum absolute atomic E-state index is 0.108. The Morgan fingerprint density at radius 3 is 2.29 bits per heavy atom. The van der Waals surface area contributed by atoms with E-state index in [2.05, 4.69) is 10.6 Å². The van der Waals surface area contributed by atoms with Crippen molar-refractivity contribution >= 4 is 34.6 Å². The third kappa shape index (κ3) is 6.11. The van der Waals surface area contributed by atoms with Crippen LogP contribution in [-0.2, 0) is 11.3 Å². The second-order valence-electron chi connectivity index (χ2n) is 8.42. The number of rotatable bonds is 10. The van der Waals surface area contributed by atoms with Gasteiger partial charge in [-0.05, 0) is 55.2 Å². The Kier molecular flexibility index (Phi) is 8.21. The van der Waals surface area contributed by atoms with Crippen LogP contribution < -0.4 is 10.6 Å². The van der Waals surface area contributed by atoms with Crippen LogP contribution in [0.15, 0.2) is 84.9 Å². The van der Waals surface area contributed by atoms with E-state index < -0.39 is 0 Å². The van der Waals surface area contributed by atoms with Crippen molar-refractivity contribution in [1.29, 1.82) is 0 Å². The minimum atomic E-state index is -0.332. The van der Waals surface area contributed by atoms with Crippen LogP contribution in [-0.4, -0.2) is 33.4 Å². The molecule has 0 aliphatic heterocycles. The third-order valence-corrected chi connectivity index (χ3v) is 6.57. The van der Waals surface area contributed by atoms with Gasteiger partial charge < -0.3 is 15.2 Å². The second-order valence-corrected chi connectivity index (χ2v) is 9.40. The first kappa shape index (κ1) is 24.5. The molecule has 2 amide bonds. The summed E-state index contributed by atoms with van der Waals surface area (Å²) in [7, 11) is 0. The molecule has 2 unspecified atom stereocenters. The summed E-state index contributed by atoms with van der Waals surface area (Å²) in [5.74, 6) is 1.27. The van der Waals surface area contributed by atoms with Crippen molar-refractivity contribution in [3.8, 4) is 0 Å². The Morgan fingerprint density at radius 1 is 0.914 bits per heavy atom. The average Bonchev–Trinajstić information content (AvgIpc) is 3.25. The lowest BCUT2D eigenvalue weighted by atomic mass is 10.1. The second kappa shape index (κ2) is 11.7. The summed E-state index contributed by atoms with van der Waals surface area (Å²) in [5, 5.41) is 6.25. The highest BCUT2D eigenvalue weighted by atomic mass is 32.2. The van der Waals surface area contributed by atoms with E-state index >= 15 is 0 Å². The highest BCUT2D eigenvalue weighted by Gasteiger charge is 2.24. The maximum Gasteiger partial charge on any atom is 0.251 e. The number of carbonyl (C=O) groups excluding carboxylic acids is 2. The molecule has 0 radical (unpaired) electrons. The van der Waals surface area contributed by atoms with E-state index in [1.807, 2.05) is 90.5 Å². The quantitative estimate of drug-likeness (QED) is 0.326. The number of imidazole rings is 1. The van der Waals surface area contributed by atoms with Gasteiger partial charge in [0, 0.05) is 5.56 Å². The molecular formula is C28H30N4O2S. The van der Waals surface area contributed by atoms with Gasteiger partial charge in [0.15, 0.2) is 0 Å². The zero-order chi connectivity index (χ0) is 24.6. The maximum atomic E-state index is 13.1. The molecule has 0 saturated carbocycles. The lowest BCUT2D eigenvalue weighted by molar-refractivity contribution is -0.122. The third-order valence-electron chi connectivity index (χ3n) is 5.93. The standard InChI is InChI=1S/C28H30N4O2S/c1-20(21-11-5-3-6-12-21)29-26(33)19-32-25-16-10-9-15-23(25)30-27(32)24(17-18-35-2)31-28(34)22-13-7-4-8-14-22/h3-16,20,24H,17-19H2,1-2H3,(H,29,33)(H,31,34). The number of fused-ring (bicyclic) bond motifs is 1. The van der Waals surface area contributed by atoms with Crippen LogP contribution in [0.4, 0.5) is 0 Å². The monoisotopic (exact) mass is 486 g/mol. The number of carbonyl (C=O) groups is 2. The summed E-state index contributed by atoms with van der Waals surface area (Å²) in [6.07, 6.45) is 2.74. The van der Waals surface area contributed by atoms with E-state index in [1.54, 1.807) is 23.9 Å². The molecule has 7 heteroatoms. The van der Waals surface area contributed by atoms with Crippen molar-refractivity contribution in [2.24, 2.45) is 0 Å². The molecule has 0 spiro atoms. The first-order valence-corrected chi connectivity index (χ1v) is 13.1. The first-order valence-electron chi connectivity index (χ1n) is 11.7. The topological polar surface area (TPSA) is 76.0 Å². The minimum Gasteiger partial charge on any atom is -0.348 e. The van der Waals surface area contributed by atoms with Crippen molar-refractivity contribution < 1.29 is 9.59 Å². The van der Waals surface area contributed by atoms with Crippen LogP contribution in [0.5, 0.6) is 0 Å². The number of hydrogen-bond donors (Lipinski definition) is 2. The molecule has 0 fully saturated rings. The predicted octanol–water partition coefficient (Wildman–Crippen LogP) is 5.14. The zero-order valence-electron chi connectivity index (χ0n) is 20.0. The number of nitrogens with one attached hydrogen (secondary N) is 2. The van der Waals surface area contributed by atoms with Gasteiger partial charge in [0.25, 0.3) is 5.91 Å². The Hall–Kier alpha value is -3.58. The summed E-state index contributed by atoms with van der Waals surface area (Å²) in [6.45, 7) is 2.09. The van der Waals surface area contributed by atoms with Crippen LogP contribution >= 0.6 is 11.8 Å². The van der Waals surface area contributed by atoms with Gasteiger partial charge in [0.05, 0.1) is 23.1 Å². The van der Waals surface area contributed by atoms with Gasteiger partial charge in [0.2, 0.25) is 5.91 Å². The molecule has 3 aromatic carbocycles. The van der Waals surface area contributed by atoms with Gasteiger partial charge in [-0.3, -0.25) is 9.59 Å². The highest BCUT2D eigenvalue weighted by Crippen LogP contribution is 2.25. The van der Waals surface area contributed by atoms with Crippen molar-refractivity contribution in [2.75, 3.05) is 12.0 Å². The van der Waals surface area contributed by atoms with Crippen molar-refractivity contribution in [3.63, 3.8) is 0 Å². The number of aromatic nitrogens is 2. The van der Waals surface area contributed by atoms with Gasteiger partial charge in [-0.25, -0.2) is 4.98 Å². The van der Waals surface area contributed by atoms with Crippen LogP contribution in [0.2, 0.25) is 0 Å². The molecule has 0 saturated heterocycles. The predicted molar refractivity (Wildman–Crippen MR) is 142 cm³/mol. The smallest absolute Gasteiger partial charge is 0.251 e. The molecule has 6 nitrogen and oxygen atoms in total. The van der Waals surface area contributed by atoms with Gasteiger partial charge in [0.1, 0.15) is 12.4 Å². The molecule has 4 aromatic rings. The van der Waals surface area contributed by atoms with Gasteiger partial charge in [-0.1, -0.05) is 60.7 Å². The number of nitrogens with zero attached hydrogens (tertiary/aromatic N) is 2. The molecule has 2 N–H and O–H groups in total. The molecule has 0 aliphatic carbocycles. The fourth-order valence-electron chi connectivity index (χ4n) is 4.11. The molecule has 0 aliphatic rings. The molecule has 4 rings (SSSR count). The SMILES string of the molecule is CSCCC(NC(=O)c1ccccc1)c1nc2ccccc2n1CC(=O)NC(C)c1ccccc1. The fraction of sp³-hybridized carbons (Fsp3) is 0.250. The van der Waals surface area contributed by atoms with Crippen LogP contribution in [0.3, 0.4) is 0 Å². The lowest BCUT2D eigenvalue weighted by Gasteiger charge is -2.21. The molecule has 1 aromatic heterocycles. The number of benzene rings is 3. The molecule has 180 valence electrons. The number of hydrogen-bond acceptors (Lipinski definition) is 4. The van der Waals surface area contributed by atoms with E-state index in [-0.39, 0.29) is 30.4 Å². The molecule has 1 heterocycles. The molecule has 35 heavy (non-hydrogen) atoms. The average molecular weight is 487 g/mol. The molecular weight excluding hydrogens is 456 g/mol. The van der Waals surface area contributed by atoms with Gasteiger partial charge in [-0.15, -0.1) is 0 Å². The van der Waals surface area contributed by atoms with Crippen molar-refractivity contribution in [3.05, 3.63) is 102 Å². The fourth-order valence-corrected chi connectivity index (χ4v) is 4.59. The summed E-state index contributed by atoms with van der Waals surface area (Å²) >= 11 is 1.71. The maximum absolute atomic E-state index is 13.1. The van der Waals surface area contributed by atoms with Gasteiger partial charge >= 0.3 is 0 Å². The van der Waals surface area contributed by atoms with Crippen molar-refractivity contribution in [2.45, 2.75) is 32.0 Å². The van der Waals surface area contributed by atoms with E-state index in [1.165, 1.54) is 0 Å². The summed E-state index contributed by atoms with van der Waals surface area (Å²) < 4.78 is 1.93. The largest absolute Gasteiger partial charge is 0.348 e. The summed E-state index contributed by atoms with van der Waals surface area (Å²) in [6, 6.07) is 26.4. The first-order chi connectivity index (χ1) is 17.1. The van der Waals surface area contributed by atoms with E-state index in [4.69, 9.17) is 4.98 Å². The Morgan fingerprint density at radius 2 is 1.57 bits per heavy atom. The van der Waals surface area contributed by atoms with Crippen LogP contribution in [0.25, 0.3) is 11.0 Å². The van der Waals surface area contributed by atoms with E-state index in [0.717, 1.165) is 22.3 Å². The molecule has 0 bridgehead atoms. The van der Waals surface area contributed by atoms with Crippen LogP contribution in [0, 0.1) is 0 Å². The Bertz CT molecular complexity index is 1270. The Labute approximate surface area is 210 Å².